The van der Waals surface area contributed by atoms with Crippen LogP contribution in [0.3, 0.4) is 0 Å². The summed E-state index contributed by atoms with van der Waals surface area (Å²) in [7, 11) is 0. The van der Waals surface area contributed by atoms with Crippen LogP contribution < -0.4 is 5.32 Å². The van der Waals surface area contributed by atoms with Gasteiger partial charge in [0.25, 0.3) is 0 Å². The third-order valence-electron chi connectivity index (χ3n) is 2.85. The number of pyridine rings is 1. The van der Waals surface area contributed by atoms with Gasteiger partial charge in [0, 0.05) is 29.9 Å². The van der Waals surface area contributed by atoms with Crippen LogP contribution in [0.2, 0.25) is 0 Å². The SMILES string of the molecule is CC[C@H](CC(=O)O)NCc1cc2ccncc2s1. The van der Waals surface area contributed by atoms with Crippen molar-refractivity contribution in [1.82, 2.24) is 10.3 Å². The van der Waals surface area contributed by atoms with E-state index in [1.165, 1.54) is 15.0 Å². The van der Waals surface area contributed by atoms with E-state index in [4.69, 9.17) is 5.11 Å². The van der Waals surface area contributed by atoms with Crippen molar-refractivity contribution in [2.45, 2.75) is 32.4 Å². The summed E-state index contributed by atoms with van der Waals surface area (Å²) in [5.41, 5.74) is 0. The molecule has 0 spiro atoms. The van der Waals surface area contributed by atoms with Crippen molar-refractivity contribution >= 4 is 27.4 Å². The zero-order valence-corrected chi connectivity index (χ0v) is 11.0. The maximum absolute atomic E-state index is 10.7. The summed E-state index contributed by atoms with van der Waals surface area (Å²) in [5.74, 6) is -0.755. The molecule has 0 aliphatic heterocycles. The van der Waals surface area contributed by atoms with Crippen LogP contribution in [0.1, 0.15) is 24.6 Å². The predicted octanol–water partition coefficient (Wildman–Crippen LogP) is 2.64. The third-order valence-corrected chi connectivity index (χ3v) is 3.94. The van der Waals surface area contributed by atoms with Crippen molar-refractivity contribution < 1.29 is 9.90 Å². The van der Waals surface area contributed by atoms with Crippen LogP contribution >= 0.6 is 11.3 Å². The lowest BCUT2D eigenvalue weighted by atomic mass is 10.1. The molecular formula is C13H16N2O2S. The molecule has 96 valence electrons. The number of rotatable bonds is 6. The van der Waals surface area contributed by atoms with Crippen molar-refractivity contribution in [3.63, 3.8) is 0 Å². The molecule has 1 atom stereocenters. The fourth-order valence-electron chi connectivity index (χ4n) is 1.84. The fraction of sp³-hybridized carbons (Fsp3) is 0.385. The van der Waals surface area contributed by atoms with Crippen LogP contribution in [0.4, 0.5) is 0 Å². The minimum atomic E-state index is -0.755. The second-order valence-corrected chi connectivity index (χ2v) is 5.38. The molecule has 18 heavy (non-hydrogen) atoms. The van der Waals surface area contributed by atoms with E-state index in [2.05, 4.69) is 16.4 Å². The standard InChI is InChI=1S/C13H16N2O2S/c1-2-10(6-13(16)17)15-7-11-5-9-3-4-14-8-12(9)18-11/h3-5,8,10,15H,2,6-7H2,1H3,(H,16,17)/t10-/m1/s1. The van der Waals surface area contributed by atoms with E-state index in [0.29, 0.717) is 6.54 Å². The Morgan fingerprint density at radius 1 is 1.61 bits per heavy atom. The highest BCUT2D eigenvalue weighted by atomic mass is 32.1. The number of carbonyl (C=O) groups is 1. The number of aliphatic carboxylic acids is 1. The Hall–Kier alpha value is -1.46. The molecule has 0 fully saturated rings. The maximum atomic E-state index is 10.7. The molecule has 0 saturated heterocycles. The van der Waals surface area contributed by atoms with E-state index in [0.717, 1.165) is 6.42 Å². The molecule has 0 unspecified atom stereocenters. The monoisotopic (exact) mass is 264 g/mol. The van der Waals surface area contributed by atoms with Gasteiger partial charge in [0.2, 0.25) is 0 Å². The maximum Gasteiger partial charge on any atom is 0.304 e. The molecule has 0 radical (unpaired) electrons. The van der Waals surface area contributed by atoms with Gasteiger partial charge in [-0.05, 0) is 23.9 Å². The Morgan fingerprint density at radius 3 is 3.11 bits per heavy atom. The molecule has 0 aliphatic rings. The van der Waals surface area contributed by atoms with Gasteiger partial charge >= 0.3 is 5.97 Å². The zero-order valence-electron chi connectivity index (χ0n) is 10.2. The van der Waals surface area contributed by atoms with Crippen LogP contribution in [0.25, 0.3) is 10.1 Å². The highest BCUT2D eigenvalue weighted by Gasteiger charge is 2.11. The van der Waals surface area contributed by atoms with Gasteiger partial charge in [0.1, 0.15) is 0 Å². The minimum absolute atomic E-state index is 0.0332. The van der Waals surface area contributed by atoms with E-state index in [9.17, 15) is 4.79 Å². The van der Waals surface area contributed by atoms with E-state index >= 15 is 0 Å². The number of carboxylic acids is 1. The molecule has 2 heterocycles. The first kappa shape index (κ1) is 13.0. The van der Waals surface area contributed by atoms with E-state index in [1.807, 2.05) is 19.2 Å². The Balaban J connectivity index is 1.98. The summed E-state index contributed by atoms with van der Waals surface area (Å²) in [6.07, 6.45) is 4.63. The van der Waals surface area contributed by atoms with Crippen LogP contribution in [0.5, 0.6) is 0 Å². The fourth-order valence-corrected chi connectivity index (χ4v) is 2.83. The van der Waals surface area contributed by atoms with Gasteiger partial charge in [-0.1, -0.05) is 6.92 Å². The minimum Gasteiger partial charge on any atom is -0.481 e. The first-order valence-corrected chi connectivity index (χ1v) is 6.78. The number of hydrogen-bond acceptors (Lipinski definition) is 4. The van der Waals surface area contributed by atoms with Crippen molar-refractivity contribution in [2.24, 2.45) is 0 Å². The van der Waals surface area contributed by atoms with Gasteiger partial charge in [0.05, 0.1) is 11.1 Å². The summed E-state index contributed by atoms with van der Waals surface area (Å²) in [4.78, 5) is 16.0. The topological polar surface area (TPSA) is 62.2 Å². The van der Waals surface area contributed by atoms with Crippen molar-refractivity contribution in [1.29, 1.82) is 0 Å². The molecule has 0 bridgehead atoms. The Labute approximate surface area is 110 Å². The Bertz CT molecular complexity index is 506. The van der Waals surface area contributed by atoms with Gasteiger partial charge in [-0.3, -0.25) is 9.78 Å². The van der Waals surface area contributed by atoms with Gasteiger partial charge < -0.3 is 10.4 Å². The normalized spacial score (nSPS) is 12.7. The molecule has 0 saturated carbocycles. The molecule has 0 amide bonds. The lowest BCUT2D eigenvalue weighted by molar-refractivity contribution is -0.137. The molecule has 2 aromatic rings. The largest absolute Gasteiger partial charge is 0.481 e. The van der Waals surface area contributed by atoms with E-state index in [1.54, 1.807) is 17.5 Å². The first-order valence-electron chi connectivity index (χ1n) is 5.96. The average molecular weight is 264 g/mol. The quantitative estimate of drug-likeness (QED) is 0.842. The highest BCUT2D eigenvalue weighted by molar-refractivity contribution is 7.19. The van der Waals surface area contributed by atoms with Crippen molar-refractivity contribution in [3.05, 3.63) is 29.4 Å². The van der Waals surface area contributed by atoms with Crippen molar-refractivity contribution in [3.8, 4) is 0 Å². The summed E-state index contributed by atoms with van der Waals surface area (Å²) in [6, 6.07) is 4.15. The number of nitrogens with one attached hydrogen (secondary N) is 1. The van der Waals surface area contributed by atoms with Gasteiger partial charge in [-0.25, -0.2) is 0 Å². The molecule has 5 heteroatoms. The Morgan fingerprint density at radius 2 is 2.44 bits per heavy atom. The number of aromatic nitrogens is 1. The number of hydrogen-bond donors (Lipinski definition) is 2. The van der Waals surface area contributed by atoms with Gasteiger partial charge in [-0.15, -0.1) is 11.3 Å². The van der Waals surface area contributed by atoms with E-state index in [-0.39, 0.29) is 12.5 Å². The molecule has 2 rings (SSSR count). The highest BCUT2D eigenvalue weighted by Crippen LogP contribution is 2.24. The lowest BCUT2D eigenvalue weighted by Gasteiger charge is -2.13. The molecule has 2 N–H and O–H groups in total. The number of nitrogens with zero attached hydrogens (tertiary/aromatic N) is 1. The van der Waals surface area contributed by atoms with Crippen LogP contribution in [0, 0.1) is 0 Å². The number of carboxylic acid groups (broad SMARTS) is 1. The van der Waals surface area contributed by atoms with Gasteiger partial charge in [-0.2, -0.15) is 0 Å². The summed E-state index contributed by atoms with van der Waals surface area (Å²) in [5, 5.41) is 13.3. The van der Waals surface area contributed by atoms with Crippen LogP contribution in [-0.2, 0) is 11.3 Å². The number of thiophene rings is 1. The lowest BCUT2D eigenvalue weighted by Crippen LogP contribution is -2.29. The smallest absolute Gasteiger partial charge is 0.304 e. The summed E-state index contributed by atoms with van der Waals surface area (Å²) >= 11 is 1.70. The zero-order chi connectivity index (χ0) is 13.0. The molecular weight excluding hydrogens is 248 g/mol. The summed E-state index contributed by atoms with van der Waals surface area (Å²) in [6.45, 7) is 2.71. The summed E-state index contributed by atoms with van der Waals surface area (Å²) < 4.78 is 1.17. The second kappa shape index (κ2) is 5.93. The predicted molar refractivity (Wildman–Crippen MR) is 72.8 cm³/mol. The second-order valence-electron chi connectivity index (χ2n) is 4.21. The van der Waals surface area contributed by atoms with E-state index < -0.39 is 5.97 Å². The first-order chi connectivity index (χ1) is 8.69. The van der Waals surface area contributed by atoms with Crippen molar-refractivity contribution in [2.75, 3.05) is 0 Å². The third kappa shape index (κ3) is 3.27. The molecule has 4 nitrogen and oxygen atoms in total. The Kier molecular flexibility index (Phi) is 4.28. The molecule has 0 aromatic carbocycles. The number of fused-ring (bicyclic) bond motifs is 1. The molecule has 0 aliphatic carbocycles. The average Bonchev–Trinajstić information content (AvgIpc) is 2.76. The van der Waals surface area contributed by atoms with Crippen LogP contribution in [0.15, 0.2) is 24.5 Å². The van der Waals surface area contributed by atoms with Gasteiger partial charge in [0.15, 0.2) is 0 Å². The molecule has 2 aromatic heterocycles. The van der Waals surface area contributed by atoms with Crippen LogP contribution in [-0.4, -0.2) is 22.1 Å².